The first-order chi connectivity index (χ1) is 27.4. The van der Waals surface area contributed by atoms with E-state index in [0.717, 1.165) is 36.8 Å². The molecule has 10 atom stereocenters. The van der Waals surface area contributed by atoms with E-state index in [9.17, 15) is 0 Å². The van der Waals surface area contributed by atoms with Crippen LogP contribution in [0, 0.1) is 47.3 Å². The van der Waals surface area contributed by atoms with Gasteiger partial charge in [0.25, 0.3) is 0 Å². The van der Waals surface area contributed by atoms with Gasteiger partial charge >= 0.3 is 11.9 Å². The molecule has 4 saturated carbocycles. The maximum Gasteiger partial charge on any atom is 0.338 e. The molecule has 4 fully saturated rings. The molecular formula is C48H64N6P2+2. The first-order valence-corrected chi connectivity index (χ1v) is 24.3. The molecule has 0 saturated heterocycles. The van der Waals surface area contributed by atoms with Crippen molar-refractivity contribution in [3.8, 4) is 0 Å². The van der Waals surface area contributed by atoms with Crippen LogP contribution in [0.15, 0.2) is 121 Å². The van der Waals surface area contributed by atoms with Gasteiger partial charge in [-0.2, -0.15) is 0 Å². The summed E-state index contributed by atoms with van der Waals surface area (Å²) in [6.45, 7) is 1.79. The van der Waals surface area contributed by atoms with Gasteiger partial charge in [0.2, 0.25) is 0 Å². The summed E-state index contributed by atoms with van der Waals surface area (Å²) in [6.07, 6.45) is 12.9. The zero-order valence-corrected chi connectivity index (χ0v) is 34.8. The number of hydrogen-bond acceptors (Lipinski definition) is 0. The number of fused-ring (bicyclic) bond motifs is 2. The molecule has 4 aliphatic rings. The van der Waals surface area contributed by atoms with Crippen molar-refractivity contribution in [3.05, 3.63) is 121 Å². The van der Waals surface area contributed by atoms with Gasteiger partial charge in [0.05, 0.1) is 13.1 Å². The van der Waals surface area contributed by atoms with Crippen LogP contribution in [-0.2, 0) is 0 Å². The van der Waals surface area contributed by atoms with Crippen LogP contribution in [0.4, 0.5) is 0 Å². The number of hydrogen-bond donors (Lipinski definition) is 6. The van der Waals surface area contributed by atoms with E-state index in [0.29, 0.717) is 46.9 Å². The monoisotopic (exact) mass is 786 g/mol. The second-order valence-corrected chi connectivity index (χ2v) is 22.3. The van der Waals surface area contributed by atoms with Crippen molar-refractivity contribution in [2.45, 2.75) is 75.5 Å². The van der Waals surface area contributed by atoms with Crippen LogP contribution < -0.4 is 54.1 Å². The van der Waals surface area contributed by atoms with E-state index >= 15 is 0 Å². The van der Waals surface area contributed by atoms with Gasteiger partial charge in [-0.05, 0) is 160 Å². The van der Waals surface area contributed by atoms with Crippen LogP contribution in [0.1, 0.15) is 64.2 Å². The lowest BCUT2D eigenvalue weighted by molar-refractivity contribution is -0.470. The van der Waals surface area contributed by atoms with Crippen molar-refractivity contribution in [2.24, 2.45) is 70.3 Å². The molecule has 0 spiro atoms. The summed E-state index contributed by atoms with van der Waals surface area (Å²) >= 11 is 0. The van der Waals surface area contributed by atoms with Crippen molar-refractivity contribution in [1.82, 2.24) is 0 Å². The van der Waals surface area contributed by atoms with E-state index in [1.54, 1.807) is 21.2 Å². The van der Waals surface area contributed by atoms with Gasteiger partial charge < -0.3 is 0 Å². The Kier molecular flexibility index (Phi) is 12.8. The van der Waals surface area contributed by atoms with Crippen LogP contribution in [0.25, 0.3) is 0 Å². The maximum atomic E-state index is 5.94. The average molecular weight is 787 g/mol. The van der Waals surface area contributed by atoms with E-state index in [1.807, 2.05) is 0 Å². The first-order valence-electron chi connectivity index (χ1n) is 21.5. The number of benzene rings is 4. The molecule has 0 aliphatic heterocycles. The van der Waals surface area contributed by atoms with Crippen molar-refractivity contribution >= 4 is 49.0 Å². The highest BCUT2D eigenvalue weighted by molar-refractivity contribution is 7.74. The fourth-order valence-corrected chi connectivity index (χ4v) is 18.6. The topological polar surface area (TPSA) is 132 Å². The summed E-state index contributed by atoms with van der Waals surface area (Å²) < 4.78 is 0. The standard InChI is InChI=1S/C48H62N6P2/c49-47(50)53-31-33-21-25-41-35(29-33)23-27-43(55(37-13-5-1-6-14-37)38-15-7-2-8-16-38)45(41)46-42-26-22-34(32-54-48(51)52)30-36(42)24-28-44(46)56(39-17-9-3-10-18-39)40-19-11-4-12-20-40/h1-20,33-36,41-46H,21-32H2,(H4,49,50,53)(H4,51,52,54)/p+2. The van der Waals surface area contributed by atoms with Crippen molar-refractivity contribution in [3.63, 3.8) is 0 Å². The Morgan fingerprint density at radius 3 is 1.05 bits per heavy atom. The van der Waals surface area contributed by atoms with Crippen LogP contribution in [0.3, 0.4) is 0 Å². The van der Waals surface area contributed by atoms with Crippen molar-refractivity contribution in [1.29, 1.82) is 0 Å². The molecule has 0 aromatic heterocycles. The van der Waals surface area contributed by atoms with E-state index in [-0.39, 0.29) is 0 Å². The summed E-state index contributed by atoms with van der Waals surface area (Å²) in [7, 11) is -1.13. The summed E-state index contributed by atoms with van der Waals surface area (Å²) in [6, 6.07) is 46.8. The molecule has 10 unspecified atom stereocenters. The third-order valence-corrected chi connectivity index (χ3v) is 20.2. The first kappa shape index (κ1) is 39.1. The van der Waals surface area contributed by atoms with E-state index in [1.165, 1.54) is 64.2 Å². The molecule has 4 aromatic rings. The number of guanidine groups is 2. The zero-order valence-electron chi connectivity index (χ0n) is 33.0. The minimum Gasteiger partial charge on any atom is -0.291 e. The largest absolute Gasteiger partial charge is 0.338 e. The second-order valence-electron chi connectivity index (χ2n) is 17.4. The van der Waals surface area contributed by atoms with E-state index in [2.05, 4.69) is 131 Å². The minimum atomic E-state index is -0.567. The summed E-state index contributed by atoms with van der Waals surface area (Å²) in [5.74, 6) is 6.21. The summed E-state index contributed by atoms with van der Waals surface area (Å²) in [5.41, 5.74) is 25.0. The third-order valence-electron chi connectivity index (χ3n) is 14.3. The Balaban J connectivity index is 1.27. The molecule has 6 nitrogen and oxygen atoms in total. The number of rotatable bonds is 11. The normalized spacial score (nSPS) is 30.2. The molecule has 0 heterocycles. The van der Waals surface area contributed by atoms with Crippen molar-refractivity contribution < 1.29 is 9.98 Å². The Morgan fingerprint density at radius 2 is 0.750 bits per heavy atom. The van der Waals surface area contributed by atoms with Gasteiger partial charge in [0.1, 0.15) is 0 Å². The average Bonchev–Trinajstić information content (AvgIpc) is 3.24. The molecule has 0 bridgehead atoms. The molecule has 4 aliphatic carbocycles. The van der Waals surface area contributed by atoms with Crippen LogP contribution >= 0.6 is 15.8 Å². The van der Waals surface area contributed by atoms with Gasteiger partial charge in [-0.25, -0.2) is 0 Å². The third kappa shape index (κ3) is 8.73. The molecule has 8 rings (SSSR count). The lowest BCUT2D eigenvalue weighted by Crippen LogP contribution is -2.79. The summed E-state index contributed by atoms with van der Waals surface area (Å²) in [4.78, 5) is 6.66. The van der Waals surface area contributed by atoms with Crippen LogP contribution in [0.5, 0.6) is 0 Å². The molecule has 56 heavy (non-hydrogen) atoms. The van der Waals surface area contributed by atoms with Crippen molar-refractivity contribution in [2.75, 3.05) is 13.1 Å². The molecule has 0 radical (unpaired) electrons. The highest BCUT2D eigenvalue weighted by Gasteiger charge is 2.55. The molecule has 8 heteroatoms. The van der Waals surface area contributed by atoms with E-state index < -0.39 is 15.8 Å². The molecule has 4 aromatic carbocycles. The summed E-state index contributed by atoms with van der Waals surface area (Å²) in [5, 5.41) is 6.21. The Morgan fingerprint density at radius 1 is 0.429 bits per heavy atom. The highest BCUT2D eigenvalue weighted by Crippen LogP contribution is 2.65. The van der Waals surface area contributed by atoms with Crippen LogP contribution in [0.2, 0.25) is 0 Å². The SMILES string of the molecule is NC(N)=[NH+]CC1CCC2C(CCC(P(c3ccccc3)c3ccccc3)C2C2C3CCC(C[NH+]=C(N)N)CC3CCC2P(c2ccccc2)c2ccccc2)C1. The lowest BCUT2D eigenvalue weighted by atomic mass is 9.53. The predicted octanol–water partition coefficient (Wildman–Crippen LogP) is 3.58. The Labute approximate surface area is 337 Å². The minimum absolute atomic E-state index is 0.356. The van der Waals surface area contributed by atoms with E-state index in [4.69, 9.17) is 22.9 Å². The molecule has 10 N–H and O–H groups in total. The molecular weight excluding hydrogens is 723 g/mol. The fraction of sp³-hybridized carbons (Fsp3) is 0.458. The Hall–Kier alpha value is -3.72. The molecule has 294 valence electrons. The molecule has 0 amide bonds. The number of nitrogens with two attached hydrogens (primary N) is 4. The highest BCUT2D eigenvalue weighted by atomic mass is 31.1. The predicted molar refractivity (Wildman–Crippen MR) is 238 cm³/mol. The Bertz CT molecular complexity index is 1670. The fourth-order valence-electron chi connectivity index (χ4n) is 12.2. The smallest absolute Gasteiger partial charge is 0.291 e. The van der Waals surface area contributed by atoms with Crippen LogP contribution in [-0.4, -0.2) is 36.3 Å². The quantitative estimate of drug-likeness (QED) is 0.0789. The van der Waals surface area contributed by atoms with Gasteiger partial charge in [0.15, 0.2) is 0 Å². The van der Waals surface area contributed by atoms with Gasteiger partial charge in [0, 0.05) is 0 Å². The van der Waals surface area contributed by atoms with Gasteiger partial charge in [-0.3, -0.25) is 32.9 Å². The lowest BCUT2D eigenvalue weighted by Gasteiger charge is -2.59. The van der Waals surface area contributed by atoms with Gasteiger partial charge in [-0.15, -0.1) is 0 Å². The maximum absolute atomic E-state index is 5.94. The van der Waals surface area contributed by atoms with Gasteiger partial charge in [-0.1, -0.05) is 121 Å². The second kappa shape index (κ2) is 18.3. The number of nitrogens with one attached hydrogen (secondary N) is 2. The zero-order chi connectivity index (χ0) is 38.4.